The third-order valence-electron chi connectivity index (χ3n) is 2.92. The summed E-state index contributed by atoms with van der Waals surface area (Å²) in [4.78, 5) is 0. The van der Waals surface area contributed by atoms with Gasteiger partial charge < -0.3 is 0 Å². The number of rotatable bonds is 4. The van der Waals surface area contributed by atoms with Crippen LogP contribution in [-0.4, -0.2) is 14.7 Å². The first kappa shape index (κ1) is 15.0. The molecule has 2 aromatic rings. The molecule has 0 atom stereocenters. The number of sulfonamides is 1. The topological polar surface area (TPSA) is 61.2 Å². The summed E-state index contributed by atoms with van der Waals surface area (Å²) >= 11 is 0. The van der Waals surface area contributed by atoms with Gasteiger partial charge in [-0.3, -0.25) is 4.31 Å². The summed E-state index contributed by atoms with van der Waals surface area (Å²) < 4.78 is 38.0. The molecule has 108 valence electrons. The average molecular weight is 304 g/mol. The van der Waals surface area contributed by atoms with Gasteiger partial charge in [0.1, 0.15) is 5.82 Å². The zero-order chi connectivity index (χ0) is 15.5. The van der Waals surface area contributed by atoms with Crippen molar-refractivity contribution < 1.29 is 12.8 Å². The Morgan fingerprint density at radius 2 is 1.67 bits per heavy atom. The molecular formula is C15H13FN2O2S. The minimum absolute atomic E-state index is 0.102. The van der Waals surface area contributed by atoms with Crippen molar-refractivity contribution in [2.24, 2.45) is 0 Å². The second-order valence-electron chi connectivity index (χ2n) is 4.55. The highest BCUT2D eigenvalue weighted by Crippen LogP contribution is 2.21. The Bertz CT molecular complexity index is 763. The summed E-state index contributed by atoms with van der Waals surface area (Å²) in [5.41, 5.74) is 1.58. The molecule has 2 rings (SSSR count). The highest BCUT2D eigenvalue weighted by molar-refractivity contribution is 7.92. The standard InChI is InChI=1S/C15H13FN2O2S/c1-21(19,20)18(11-13-2-6-14(16)7-3-13)15-8-4-12(10-17)5-9-15/h2-9H,11H2,1H3. The number of nitrogens with zero attached hydrogens (tertiary/aromatic N) is 2. The molecule has 0 bridgehead atoms. The normalized spacial score (nSPS) is 10.9. The van der Waals surface area contributed by atoms with Gasteiger partial charge in [0.25, 0.3) is 0 Å². The minimum atomic E-state index is -3.49. The molecule has 0 aliphatic rings. The quantitative estimate of drug-likeness (QED) is 0.872. The number of halogens is 1. The molecule has 0 unspecified atom stereocenters. The fourth-order valence-corrected chi connectivity index (χ4v) is 2.75. The van der Waals surface area contributed by atoms with E-state index in [-0.39, 0.29) is 12.4 Å². The Hall–Kier alpha value is -2.39. The van der Waals surface area contributed by atoms with E-state index in [0.29, 0.717) is 16.8 Å². The molecule has 0 aliphatic carbocycles. The van der Waals surface area contributed by atoms with Gasteiger partial charge in [0, 0.05) is 0 Å². The van der Waals surface area contributed by atoms with E-state index < -0.39 is 10.0 Å². The first-order valence-electron chi connectivity index (χ1n) is 6.12. The van der Waals surface area contributed by atoms with E-state index in [1.807, 2.05) is 6.07 Å². The molecule has 0 aromatic heterocycles. The van der Waals surface area contributed by atoms with Crippen LogP contribution in [0.2, 0.25) is 0 Å². The zero-order valence-corrected chi connectivity index (χ0v) is 12.1. The van der Waals surface area contributed by atoms with Gasteiger partial charge in [-0.2, -0.15) is 5.26 Å². The Labute approximate surface area is 123 Å². The molecule has 21 heavy (non-hydrogen) atoms. The monoisotopic (exact) mass is 304 g/mol. The summed E-state index contributed by atoms with van der Waals surface area (Å²) in [6, 6.07) is 13.9. The molecule has 0 fully saturated rings. The Morgan fingerprint density at radius 1 is 1.10 bits per heavy atom. The van der Waals surface area contributed by atoms with Gasteiger partial charge in [-0.25, -0.2) is 12.8 Å². The molecule has 2 aromatic carbocycles. The molecular weight excluding hydrogens is 291 g/mol. The lowest BCUT2D eigenvalue weighted by molar-refractivity contribution is 0.596. The molecule has 0 saturated heterocycles. The Morgan fingerprint density at radius 3 is 2.14 bits per heavy atom. The zero-order valence-electron chi connectivity index (χ0n) is 11.3. The van der Waals surface area contributed by atoms with Crippen molar-refractivity contribution in [1.82, 2.24) is 0 Å². The van der Waals surface area contributed by atoms with Gasteiger partial charge in [0.2, 0.25) is 10.0 Å². The van der Waals surface area contributed by atoms with Crippen LogP contribution in [0.5, 0.6) is 0 Å². The smallest absolute Gasteiger partial charge is 0.232 e. The second-order valence-corrected chi connectivity index (χ2v) is 6.46. The van der Waals surface area contributed by atoms with Crippen LogP contribution in [0.15, 0.2) is 48.5 Å². The van der Waals surface area contributed by atoms with E-state index in [2.05, 4.69) is 0 Å². The maximum atomic E-state index is 12.9. The van der Waals surface area contributed by atoms with E-state index in [4.69, 9.17) is 5.26 Å². The van der Waals surface area contributed by atoms with Crippen LogP contribution in [-0.2, 0) is 16.6 Å². The number of benzene rings is 2. The second kappa shape index (κ2) is 5.94. The summed E-state index contributed by atoms with van der Waals surface area (Å²) in [5.74, 6) is -0.372. The summed E-state index contributed by atoms with van der Waals surface area (Å²) in [6.45, 7) is 0.102. The van der Waals surface area contributed by atoms with E-state index in [9.17, 15) is 12.8 Å². The predicted octanol–water partition coefficient (Wildman–Crippen LogP) is 2.66. The Balaban J connectivity index is 2.35. The average Bonchev–Trinajstić information content (AvgIpc) is 2.45. The number of hydrogen-bond donors (Lipinski definition) is 0. The SMILES string of the molecule is CS(=O)(=O)N(Cc1ccc(F)cc1)c1ccc(C#N)cc1. The molecule has 0 spiro atoms. The van der Waals surface area contributed by atoms with Gasteiger partial charge in [-0.1, -0.05) is 12.1 Å². The maximum Gasteiger partial charge on any atom is 0.232 e. The molecule has 0 amide bonds. The minimum Gasteiger partial charge on any atom is -0.266 e. The van der Waals surface area contributed by atoms with E-state index in [0.717, 1.165) is 6.26 Å². The fraction of sp³-hybridized carbons (Fsp3) is 0.133. The van der Waals surface area contributed by atoms with Gasteiger partial charge in [0.15, 0.2) is 0 Å². The molecule has 0 aliphatic heterocycles. The number of anilines is 1. The number of hydrogen-bond acceptors (Lipinski definition) is 3. The van der Waals surface area contributed by atoms with Crippen molar-refractivity contribution in [3.63, 3.8) is 0 Å². The van der Waals surface area contributed by atoms with Crippen molar-refractivity contribution in [2.45, 2.75) is 6.54 Å². The van der Waals surface area contributed by atoms with Crippen LogP contribution in [0.4, 0.5) is 10.1 Å². The lowest BCUT2D eigenvalue weighted by Gasteiger charge is -2.22. The van der Waals surface area contributed by atoms with Crippen molar-refractivity contribution in [3.05, 3.63) is 65.5 Å². The van der Waals surface area contributed by atoms with Gasteiger partial charge in [-0.05, 0) is 42.0 Å². The summed E-state index contributed by atoms with van der Waals surface area (Å²) in [7, 11) is -3.49. The van der Waals surface area contributed by atoms with Gasteiger partial charge in [0.05, 0.1) is 30.1 Å². The van der Waals surface area contributed by atoms with Crippen LogP contribution < -0.4 is 4.31 Å². The summed E-state index contributed by atoms with van der Waals surface area (Å²) in [6.07, 6.45) is 1.11. The number of nitriles is 1. The van der Waals surface area contributed by atoms with Crippen LogP contribution in [0.3, 0.4) is 0 Å². The highest BCUT2D eigenvalue weighted by Gasteiger charge is 2.17. The third-order valence-corrected chi connectivity index (χ3v) is 4.06. The predicted molar refractivity (Wildman–Crippen MR) is 78.6 cm³/mol. The lowest BCUT2D eigenvalue weighted by Crippen LogP contribution is -2.29. The molecule has 0 saturated carbocycles. The highest BCUT2D eigenvalue weighted by atomic mass is 32.2. The van der Waals surface area contributed by atoms with Crippen LogP contribution in [0, 0.1) is 17.1 Å². The van der Waals surface area contributed by atoms with Crippen molar-refractivity contribution in [1.29, 1.82) is 5.26 Å². The van der Waals surface area contributed by atoms with E-state index >= 15 is 0 Å². The molecule has 4 nitrogen and oxygen atoms in total. The first-order chi connectivity index (χ1) is 9.90. The maximum absolute atomic E-state index is 12.9. The molecule has 0 N–H and O–H groups in total. The van der Waals surface area contributed by atoms with Crippen molar-refractivity contribution >= 4 is 15.7 Å². The van der Waals surface area contributed by atoms with Crippen LogP contribution >= 0.6 is 0 Å². The van der Waals surface area contributed by atoms with Crippen molar-refractivity contribution in [2.75, 3.05) is 10.6 Å². The molecule has 0 heterocycles. The first-order valence-corrected chi connectivity index (χ1v) is 7.97. The molecule has 6 heteroatoms. The van der Waals surface area contributed by atoms with Gasteiger partial charge in [-0.15, -0.1) is 0 Å². The van der Waals surface area contributed by atoms with Crippen LogP contribution in [0.25, 0.3) is 0 Å². The lowest BCUT2D eigenvalue weighted by atomic mass is 10.2. The largest absolute Gasteiger partial charge is 0.266 e. The third kappa shape index (κ3) is 3.80. The molecule has 0 radical (unpaired) electrons. The Kier molecular flexibility index (Phi) is 4.24. The van der Waals surface area contributed by atoms with E-state index in [1.165, 1.54) is 28.6 Å². The van der Waals surface area contributed by atoms with Gasteiger partial charge >= 0.3 is 0 Å². The van der Waals surface area contributed by atoms with Crippen LogP contribution in [0.1, 0.15) is 11.1 Å². The fourth-order valence-electron chi connectivity index (χ4n) is 1.86. The van der Waals surface area contributed by atoms with Crippen molar-refractivity contribution in [3.8, 4) is 6.07 Å². The summed E-state index contributed by atoms with van der Waals surface area (Å²) in [5, 5.41) is 8.77. The van der Waals surface area contributed by atoms with E-state index in [1.54, 1.807) is 24.3 Å².